The van der Waals surface area contributed by atoms with E-state index in [1.165, 1.54) is 0 Å². The van der Waals surface area contributed by atoms with E-state index in [-0.39, 0.29) is 12.5 Å². The lowest BCUT2D eigenvalue weighted by molar-refractivity contribution is 0.157. The predicted octanol–water partition coefficient (Wildman–Crippen LogP) is 1.27. The van der Waals surface area contributed by atoms with E-state index in [2.05, 4.69) is 0 Å². The molecule has 118 valence electrons. The van der Waals surface area contributed by atoms with Crippen molar-refractivity contribution in [3.63, 3.8) is 0 Å². The molecule has 1 atom stereocenters. The third kappa shape index (κ3) is 4.03. The van der Waals surface area contributed by atoms with Gasteiger partial charge in [-0.1, -0.05) is 12.1 Å². The quantitative estimate of drug-likeness (QED) is 0.823. The summed E-state index contributed by atoms with van der Waals surface area (Å²) in [5.74, 6) is 0.286. The Kier molecular flexibility index (Phi) is 5.75. The summed E-state index contributed by atoms with van der Waals surface area (Å²) in [6.07, 6.45) is 2.30. The summed E-state index contributed by atoms with van der Waals surface area (Å²) in [4.78, 5) is 0.341. The maximum Gasteiger partial charge on any atom is 0.243 e. The van der Waals surface area contributed by atoms with Gasteiger partial charge in [-0.3, -0.25) is 0 Å². The summed E-state index contributed by atoms with van der Waals surface area (Å²) < 4.78 is 31.8. The summed E-state index contributed by atoms with van der Waals surface area (Å²) in [5, 5.41) is 8.81. The van der Waals surface area contributed by atoms with E-state index in [1.54, 1.807) is 23.5 Å². The van der Waals surface area contributed by atoms with E-state index in [0.717, 1.165) is 18.4 Å². The Morgan fingerprint density at radius 3 is 2.67 bits per heavy atom. The smallest absolute Gasteiger partial charge is 0.243 e. The molecule has 1 saturated heterocycles. The van der Waals surface area contributed by atoms with Crippen LogP contribution in [0.15, 0.2) is 29.2 Å². The minimum Gasteiger partial charge on any atom is -0.396 e. The first-order valence-corrected chi connectivity index (χ1v) is 8.71. The number of methoxy groups -OCH3 is 1. The fourth-order valence-corrected chi connectivity index (χ4v) is 4.18. The molecule has 1 aliphatic rings. The maximum atomic E-state index is 12.6. The van der Waals surface area contributed by atoms with Crippen LogP contribution in [0.1, 0.15) is 18.4 Å². The average Bonchev–Trinajstić information content (AvgIpc) is 2.95. The minimum absolute atomic E-state index is 0.148. The van der Waals surface area contributed by atoms with Crippen molar-refractivity contribution in [3.05, 3.63) is 29.8 Å². The number of rotatable bonds is 7. The highest BCUT2D eigenvalue weighted by Crippen LogP contribution is 2.24. The zero-order valence-corrected chi connectivity index (χ0v) is 13.2. The lowest BCUT2D eigenvalue weighted by Crippen LogP contribution is -2.29. The Balaban J connectivity index is 2.06. The molecular formula is C15H23NO4S. The molecule has 0 aliphatic carbocycles. The van der Waals surface area contributed by atoms with Crippen LogP contribution in [0.5, 0.6) is 0 Å². The van der Waals surface area contributed by atoms with Gasteiger partial charge in [0.05, 0.1) is 11.5 Å². The third-order valence-corrected chi connectivity index (χ3v) is 5.72. The SMILES string of the molecule is COCC1CCN(S(=O)(=O)c2ccc(CCCO)cc2)C1. The molecule has 21 heavy (non-hydrogen) atoms. The monoisotopic (exact) mass is 313 g/mol. The normalized spacial score (nSPS) is 20.0. The van der Waals surface area contributed by atoms with Crippen LogP contribution in [0.25, 0.3) is 0 Å². The highest BCUT2D eigenvalue weighted by molar-refractivity contribution is 7.89. The number of sulfonamides is 1. The molecule has 0 amide bonds. The Hall–Kier alpha value is -0.950. The van der Waals surface area contributed by atoms with Crippen molar-refractivity contribution < 1.29 is 18.3 Å². The van der Waals surface area contributed by atoms with Gasteiger partial charge in [0.15, 0.2) is 0 Å². The van der Waals surface area contributed by atoms with Gasteiger partial charge in [0, 0.05) is 26.8 Å². The molecule has 1 N–H and O–H groups in total. The first-order chi connectivity index (χ1) is 10.1. The second kappa shape index (κ2) is 7.35. The molecule has 1 fully saturated rings. The van der Waals surface area contributed by atoms with Gasteiger partial charge >= 0.3 is 0 Å². The van der Waals surface area contributed by atoms with Gasteiger partial charge in [0.1, 0.15) is 0 Å². The molecule has 0 bridgehead atoms. The average molecular weight is 313 g/mol. The van der Waals surface area contributed by atoms with Gasteiger partial charge in [-0.25, -0.2) is 8.42 Å². The highest BCUT2D eigenvalue weighted by Gasteiger charge is 2.32. The standard InChI is InChI=1S/C15H23NO4S/c1-20-12-14-8-9-16(11-14)21(18,19)15-6-4-13(5-7-15)3-2-10-17/h4-7,14,17H,2-3,8-12H2,1H3. The van der Waals surface area contributed by atoms with Crippen LogP contribution in [0.3, 0.4) is 0 Å². The van der Waals surface area contributed by atoms with Crippen molar-refractivity contribution in [2.45, 2.75) is 24.2 Å². The van der Waals surface area contributed by atoms with Gasteiger partial charge in [-0.15, -0.1) is 0 Å². The number of ether oxygens (including phenoxy) is 1. The molecule has 0 radical (unpaired) electrons. The molecule has 0 spiro atoms. The zero-order valence-electron chi connectivity index (χ0n) is 12.4. The van der Waals surface area contributed by atoms with Crippen molar-refractivity contribution in [1.82, 2.24) is 4.31 Å². The number of aliphatic hydroxyl groups is 1. The second-order valence-electron chi connectivity index (χ2n) is 5.44. The van der Waals surface area contributed by atoms with Gasteiger partial charge in [0.25, 0.3) is 0 Å². The van der Waals surface area contributed by atoms with E-state index < -0.39 is 10.0 Å². The first kappa shape index (κ1) is 16.4. The summed E-state index contributed by atoms with van der Waals surface area (Å²) in [7, 11) is -1.76. The Labute approximate surface area is 126 Å². The Bertz CT molecular complexity index is 541. The fourth-order valence-electron chi connectivity index (χ4n) is 2.65. The fraction of sp³-hybridized carbons (Fsp3) is 0.600. The van der Waals surface area contributed by atoms with Crippen LogP contribution in [0.2, 0.25) is 0 Å². The number of aliphatic hydroxyl groups excluding tert-OH is 1. The second-order valence-corrected chi connectivity index (χ2v) is 7.38. The van der Waals surface area contributed by atoms with Crippen molar-refractivity contribution in [1.29, 1.82) is 0 Å². The molecule has 0 aromatic heterocycles. The van der Waals surface area contributed by atoms with Crippen LogP contribution in [-0.4, -0.2) is 51.2 Å². The van der Waals surface area contributed by atoms with Crippen LogP contribution in [0, 0.1) is 5.92 Å². The van der Waals surface area contributed by atoms with E-state index in [4.69, 9.17) is 9.84 Å². The minimum atomic E-state index is -3.40. The molecule has 1 aliphatic heterocycles. The molecular weight excluding hydrogens is 290 g/mol. The zero-order chi connectivity index (χ0) is 15.3. The number of benzene rings is 1. The summed E-state index contributed by atoms with van der Waals surface area (Å²) in [5.41, 5.74) is 1.04. The van der Waals surface area contributed by atoms with Crippen molar-refractivity contribution in [2.75, 3.05) is 33.4 Å². The van der Waals surface area contributed by atoms with Crippen molar-refractivity contribution in [3.8, 4) is 0 Å². The van der Waals surface area contributed by atoms with Crippen molar-refractivity contribution >= 4 is 10.0 Å². The van der Waals surface area contributed by atoms with Crippen molar-refractivity contribution in [2.24, 2.45) is 5.92 Å². The van der Waals surface area contributed by atoms with Crippen LogP contribution in [0.4, 0.5) is 0 Å². The number of aryl methyl sites for hydroxylation is 1. The number of hydrogen-bond acceptors (Lipinski definition) is 4. The summed E-state index contributed by atoms with van der Waals surface area (Å²) in [6.45, 7) is 1.84. The Morgan fingerprint density at radius 1 is 1.33 bits per heavy atom. The molecule has 0 saturated carbocycles. The molecule has 1 aromatic rings. The van der Waals surface area contributed by atoms with Gasteiger partial charge in [0.2, 0.25) is 10.0 Å². The summed E-state index contributed by atoms with van der Waals surface area (Å²) >= 11 is 0. The van der Waals surface area contributed by atoms with Crippen LogP contribution in [-0.2, 0) is 21.2 Å². The van der Waals surface area contributed by atoms with Gasteiger partial charge < -0.3 is 9.84 Å². The van der Waals surface area contributed by atoms with Crippen LogP contribution < -0.4 is 0 Å². The Morgan fingerprint density at radius 2 is 2.05 bits per heavy atom. The van der Waals surface area contributed by atoms with E-state index in [1.807, 2.05) is 12.1 Å². The van der Waals surface area contributed by atoms with Crippen LogP contribution >= 0.6 is 0 Å². The number of nitrogens with zero attached hydrogens (tertiary/aromatic N) is 1. The highest BCUT2D eigenvalue weighted by atomic mass is 32.2. The molecule has 1 unspecified atom stereocenters. The lowest BCUT2D eigenvalue weighted by atomic mass is 10.1. The number of hydrogen-bond donors (Lipinski definition) is 1. The summed E-state index contributed by atoms with van der Waals surface area (Å²) in [6, 6.07) is 6.97. The molecule has 5 nitrogen and oxygen atoms in total. The van der Waals surface area contributed by atoms with E-state index >= 15 is 0 Å². The topological polar surface area (TPSA) is 66.8 Å². The third-order valence-electron chi connectivity index (χ3n) is 3.84. The largest absolute Gasteiger partial charge is 0.396 e. The van der Waals surface area contributed by atoms with Gasteiger partial charge in [-0.2, -0.15) is 4.31 Å². The maximum absolute atomic E-state index is 12.6. The lowest BCUT2D eigenvalue weighted by Gasteiger charge is -2.16. The molecule has 2 rings (SSSR count). The first-order valence-electron chi connectivity index (χ1n) is 7.27. The molecule has 6 heteroatoms. The molecule has 1 aromatic carbocycles. The predicted molar refractivity (Wildman–Crippen MR) is 80.6 cm³/mol. The molecule has 1 heterocycles. The van der Waals surface area contributed by atoms with E-state index in [0.29, 0.717) is 31.0 Å². The van der Waals surface area contributed by atoms with Gasteiger partial charge in [-0.05, 0) is 42.9 Å². The van der Waals surface area contributed by atoms with E-state index in [9.17, 15) is 8.42 Å².